The number of rotatable bonds is 8. The van der Waals surface area contributed by atoms with Gasteiger partial charge in [-0.25, -0.2) is 8.42 Å². The van der Waals surface area contributed by atoms with Crippen LogP contribution in [-0.4, -0.2) is 39.3 Å². The second kappa shape index (κ2) is 8.40. The maximum Gasteiger partial charge on any atom is 0.387 e. The van der Waals surface area contributed by atoms with Gasteiger partial charge in [0.15, 0.2) is 9.84 Å². The number of nitriles is 1. The monoisotopic (exact) mass is 346 g/mol. The number of carbonyl (C=O) groups excluding carboxylic acids is 1. The molecule has 7 nitrogen and oxygen atoms in total. The van der Waals surface area contributed by atoms with Gasteiger partial charge in [0.2, 0.25) is 5.91 Å². The molecule has 10 heteroatoms. The predicted molar refractivity (Wildman–Crippen MR) is 77.3 cm³/mol. The van der Waals surface area contributed by atoms with Gasteiger partial charge in [-0.1, -0.05) is 18.2 Å². The van der Waals surface area contributed by atoms with Crippen LogP contribution in [0.25, 0.3) is 5.73 Å². The normalized spacial score (nSPS) is 12.5. The Balaban J connectivity index is 2.79. The molecule has 0 aliphatic heterocycles. The van der Waals surface area contributed by atoms with Crippen LogP contribution < -0.4 is 10.1 Å². The molecule has 0 bridgehead atoms. The van der Waals surface area contributed by atoms with Crippen LogP contribution in [0.5, 0.6) is 5.75 Å². The van der Waals surface area contributed by atoms with Gasteiger partial charge in [0.05, 0.1) is 11.8 Å². The summed E-state index contributed by atoms with van der Waals surface area (Å²) in [4.78, 5) is 11.4. The van der Waals surface area contributed by atoms with E-state index in [0.29, 0.717) is 0 Å². The van der Waals surface area contributed by atoms with Crippen molar-refractivity contribution in [3.05, 3.63) is 35.6 Å². The number of sulfone groups is 1. The number of alkyl halides is 2. The van der Waals surface area contributed by atoms with Crippen molar-refractivity contribution in [2.45, 2.75) is 18.4 Å². The van der Waals surface area contributed by atoms with Crippen molar-refractivity contribution in [1.82, 2.24) is 5.32 Å². The summed E-state index contributed by atoms with van der Waals surface area (Å²) in [6, 6.07) is 5.40. The van der Waals surface area contributed by atoms with Gasteiger partial charge in [0, 0.05) is 11.3 Å². The molecule has 0 saturated heterocycles. The Labute approximate surface area is 131 Å². The fourth-order valence-corrected chi connectivity index (χ4v) is 3.20. The van der Waals surface area contributed by atoms with Crippen LogP contribution in [0.15, 0.2) is 24.3 Å². The van der Waals surface area contributed by atoms with Crippen LogP contribution >= 0.6 is 0 Å². The Hall–Kier alpha value is -2.25. The first-order valence-corrected chi connectivity index (χ1v) is 8.16. The fraction of sp³-hybridized carbons (Fsp3) is 0.385. The van der Waals surface area contributed by atoms with Gasteiger partial charge in [-0.2, -0.15) is 14.0 Å². The number of nitrogens with zero attached hydrogens (tertiary/aromatic N) is 1. The van der Waals surface area contributed by atoms with E-state index in [4.69, 9.17) is 11.0 Å². The number of hydrogen-bond acceptors (Lipinski definition) is 5. The number of hydrogen-bond donors (Lipinski definition) is 1. The lowest BCUT2D eigenvalue weighted by molar-refractivity contribution is -0.120. The van der Waals surface area contributed by atoms with E-state index < -0.39 is 39.9 Å². The van der Waals surface area contributed by atoms with E-state index >= 15 is 0 Å². The van der Waals surface area contributed by atoms with Gasteiger partial charge in [0.1, 0.15) is 12.3 Å². The Bertz CT molecular complexity index is 689. The van der Waals surface area contributed by atoms with Crippen molar-refractivity contribution < 1.29 is 26.7 Å². The smallest absolute Gasteiger partial charge is 0.387 e. The molecule has 0 unspecified atom stereocenters. The number of para-hydroxylation sites is 1. The third-order valence-corrected chi connectivity index (χ3v) is 4.23. The Morgan fingerprint density at radius 2 is 2.04 bits per heavy atom. The summed E-state index contributed by atoms with van der Waals surface area (Å²) >= 11 is 0. The molecule has 1 aromatic rings. The van der Waals surface area contributed by atoms with Gasteiger partial charge >= 0.3 is 6.61 Å². The number of nitrogens with one attached hydrogen (secondary N) is 2. The molecule has 0 saturated carbocycles. The molecule has 1 amide bonds. The Morgan fingerprint density at radius 1 is 1.39 bits per heavy atom. The molecule has 1 atom stereocenters. The van der Waals surface area contributed by atoms with Crippen LogP contribution in [0.1, 0.15) is 5.56 Å². The van der Waals surface area contributed by atoms with Gasteiger partial charge in [-0.15, -0.1) is 0 Å². The quantitative estimate of drug-likeness (QED) is 0.711. The first kappa shape index (κ1) is 18.8. The number of benzene rings is 1. The molecule has 0 fully saturated rings. The summed E-state index contributed by atoms with van der Waals surface area (Å²) in [6.45, 7) is -3.43. The number of halogens is 2. The minimum atomic E-state index is -3.92. The van der Waals surface area contributed by atoms with Gasteiger partial charge in [-0.3, -0.25) is 4.79 Å². The highest BCUT2D eigenvalue weighted by atomic mass is 32.2. The minimum absolute atomic E-state index is 0.0115. The molecule has 2 N–H and O–H groups in total. The molecule has 0 heterocycles. The van der Waals surface area contributed by atoms with Crippen molar-refractivity contribution in [1.29, 1.82) is 5.26 Å². The van der Waals surface area contributed by atoms with Gasteiger partial charge in [-0.05, 0) is 12.1 Å². The molecule has 0 spiro atoms. The Kier molecular flexibility index (Phi) is 6.87. The van der Waals surface area contributed by atoms with Gasteiger partial charge in [0.25, 0.3) is 0 Å². The number of ether oxygens (including phenoxy) is 1. The average Bonchev–Trinajstić information content (AvgIpc) is 2.45. The molecule has 0 aromatic heterocycles. The van der Waals surface area contributed by atoms with Crippen molar-refractivity contribution in [3.8, 4) is 11.8 Å². The highest BCUT2D eigenvalue weighted by Gasteiger charge is 2.20. The van der Waals surface area contributed by atoms with E-state index in [1.807, 2.05) is 0 Å². The molecule has 23 heavy (non-hydrogen) atoms. The SMILES string of the molecule is N#CCNC(=O)[C@@H]([NH-])CS(=O)(=O)Cc1ccccc1OC(F)F. The van der Waals surface area contributed by atoms with Crippen LogP contribution in [0.3, 0.4) is 0 Å². The molecule has 126 valence electrons. The topological polar surface area (TPSA) is 120 Å². The van der Waals surface area contributed by atoms with Gasteiger partial charge < -0.3 is 15.8 Å². The van der Waals surface area contributed by atoms with Crippen LogP contribution in [0, 0.1) is 11.3 Å². The first-order chi connectivity index (χ1) is 10.7. The van der Waals surface area contributed by atoms with E-state index in [1.165, 1.54) is 24.3 Å². The average molecular weight is 346 g/mol. The third kappa shape index (κ3) is 6.58. The maximum absolute atomic E-state index is 12.3. The zero-order valence-corrected chi connectivity index (χ0v) is 12.6. The minimum Gasteiger partial charge on any atom is -0.666 e. The van der Waals surface area contributed by atoms with Crippen molar-refractivity contribution in [2.75, 3.05) is 12.3 Å². The van der Waals surface area contributed by atoms with Crippen molar-refractivity contribution in [3.63, 3.8) is 0 Å². The molecule has 0 aliphatic rings. The summed E-state index contributed by atoms with van der Waals surface area (Å²) < 4.78 is 52.8. The zero-order chi connectivity index (χ0) is 17.5. The highest BCUT2D eigenvalue weighted by molar-refractivity contribution is 7.90. The molecule has 1 aromatic carbocycles. The number of amides is 1. The summed E-state index contributed by atoms with van der Waals surface area (Å²) in [5.41, 5.74) is 7.50. The molecular formula is C13H14F2N3O4S-. The van der Waals surface area contributed by atoms with Crippen LogP contribution in [-0.2, 0) is 20.4 Å². The second-order valence-electron chi connectivity index (χ2n) is 4.47. The van der Waals surface area contributed by atoms with Crippen LogP contribution in [0.4, 0.5) is 8.78 Å². The summed E-state index contributed by atoms with van der Waals surface area (Å²) in [5.74, 6) is -2.61. The summed E-state index contributed by atoms with van der Waals surface area (Å²) in [6.07, 6.45) is 0. The van der Waals surface area contributed by atoms with Crippen LogP contribution in [0.2, 0.25) is 0 Å². The van der Waals surface area contributed by atoms with E-state index in [-0.39, 0.29) is 17.9 Å². The second-order valence-corrected chi connectivity index (χ2v) is 6.58. The largest absolute Gasteiger partial charge is 0.666 e. The lowest BCUT2D eigenvalue weighted by Gasteiger charge is -2.19. The van der Waals surface area contributed by atoms with E-state index in [9.17, 15) is 22.0 Å². The molecule has 1 rings (SSSR count). The first-order valence-electron chi connectivity index (χ1n) is 6.34. The summed E-state index contributed by atoms with van der Waals surface area (Å²) in [7, 11) is -3.92. The zero-order valence-electron chi connectivity index (χ0n) is 11.8. The lowest BCUT2D eigenvalue weighted by atomic mass is 10.2. The number of carbonyl (C=O) groups is 1. The highest BCUT2D eigenvalue weighted by Crippen LogP contribution is 2.23. The van der Waals surface area contributed by atoms with E-state index in [1.54, 1.807) is 6.07 Å². The maximum atomic E-state index is 12.3. The third-order valence-electron chi connectivity index (χ3n) is 2.64. The lowest BCUT2D eigenvalue weighted by Crippen LogP contribution is -2.37. The summed E-state index contributed by atoms with van der Waals surface area (Å²) in [5, 5.41) is 10.4. The fourth-order valence-electron chi connectivity index (χ4n) is 1.71. The van der Waals surface area contributed by atoms with E-state index in [2.05, 4.69) is 10.1 Å². The van der Waals surface area contributed by atoms with E-state index in [0.717, 1.165) is 0 Å². The van der Waals surface area contributed by atoms with Crippen molar-refractivity contribution in [2.24, 2.45) is 0 Å². The van der Waals surface area contributed by atoms with Crippen molar-refractivity contribution >= 4 is 15.7 Å². The predicted octanol–water partition coefficient (Wildman–Crippen LogP) is 1.26. The molecular weight excluding hydrogens is 332 g/mol. The molecule has 0 radical (unpaired) electrons. The Morgan fingerprint density at radius 3 is 2.65 bits per heavy atom. The standard InChI is InChI=1S/C13H14F2N3O4S/c14-13(15)22-11-4-2-1-3-9(11)7-23(20,21)8-10(17)12(19)18-6-5-16/h1-4,10,13,17H,6-8H2,(H,18,19)/q-1/t10-/m0/s1. The molecule has 0 aliphatic carbocycles.